The molecule has 188 valence electrons. The van der Waals surface area contributed by atoms with Gasteiger partial charge >= 0.3 is 0 Å². The minimum absolute atomic E-state index is 0.0573. The molecule has 5 rings (SSSR count). The number of amides is 1. The van der Waals surface area contributed by atoms with Crippen molar-refractivity contribution in [2.75, 3.05) is 30.3 Å². The average molecular weight is 500 g/mol. The fraction of sp³-hybridized carbons (Fsp3) is 0.185. The average Bonchev–Trinajstić information content (AvgIpc) is 2.93. The summed E-state index contributed by atoms with van der Waals surface area (Å²) in [5, 5.41) is 9.87. The number of carbonyl (C=O) groups excluding carboxylic acids is 1. The molecule has 1 saturated heterocycles. The van der Waals surface area contributed by atoms with Crippen LogP contribution in [0.15, 0.2) is 73.6 Å². The number of benzene rings is 2. The number of aromatic nitrogens is 3. The molecule has 1 fully saturated rings. The van der Waals surface area contributed by atoms with Crippen LogP contribution in [-0.2, 0) is 9.53 Å². The number of ether oxygens (including phenoxy) is 1. The molecule has 4 aromatic rings. The smallest absolute Gasteiger partial charge is 0.247 e. The van der Waals surface area contributed by atoms with Crippen molar-refractivity contribution in [3.8, 4) is 11.3 Å². The highest BCUT2D eigenvalue weighted by molar-refractivity contribution is 6.00. The van der Waals surface area contributed by atoms with Gasteiger partial charge in [-0.2, -0.15) is 0 Å². The molecule has 2 atom stereocenters. The number of nitrogens with one attached hydrogen (secondary N) is 3. The molecule has 10 heteroatoms. The number of nitrogens with two attached hydrogens (primary N) is 1. The van der Waals surface area contributed by atoms with E-state index in [1.807, 2.05) is 24.3 Å². The Kier molecular flexibility index (Phi) is 7.13. The number of nitrogens with zero attached hydrogens (tertiary/aromatic N) is 3. The SMILES string of the molecule is C=CC(=O)Nc1ccnc(-c2c(F)ccc3cnc(Nc4ccc(C5OCCNC5CN)cc4)nc23)c1. The molecule has 0 bridgehead atoms. The highest BCUT2D eigenvalue weighted by atomic mass is 19.1. The largest absolute Gasteiger partial charge is 0.371 e. The number of hydrogen-bond donors (Lipinski definition) is 4. The van der Waals surface area contributed by atoms with Crippen LogP contribution < -0.4 is 21.7 Å². The predicted octanol–water partition coefficient (Wildman–Crippen LogP) is 3.69. The number of rotatable bonds is 7. The Hall–Kier alpha value is -4.25. The third-order valence-electron chi connectivity index (χ3n) is 6.09. The lowest BCUT2D eigenvalue weighted by Gasteiger charge is -2.32. The Morgan fingerprint density at radius 2 is 2.03 bits per heavy atom. The molecular weight excluding hydrogens is 473 g/mol. The van der Waals surface area contributed by atoms with Crippen LogP contribution in [-0.4, -0.2) is 46.6 Å². The van der Waals surface area contributed by atoms with Gasteiger partial charge in [-0.1, -0.05) is 18.7 Å². The van der Waals surface area contributed by atoms with Crippen LogP contribution in [0.3, 0.4) is 0 Å². The fourth-order valence-electron chi connectivity index (χ4n) is 4.29. The molecule has 0 saturated carbocycles. The molecule has 9 nitrogen and oxygen atoms in total. The first-order valence-electron chi connectivity index (χ1n) is 11.8. The highest BCUT2D eigenvalue weighted by Crippen LogP contribution is 2.31. The molecule has 1 aliphatic heterocycles. The molecule has 0 radical (unpaired) electrons. The molecule has 2 aromatic heterocycles. The Labute approximate surface area is 213 Å². The molecular formula is C27H26FN7O2. The van der Waals surface area contributed by atoms with Gasteiger partial charge in [-0.3, -0.25) is 9.78 Å². The van der Waals surface area contributed by atoms with Crippen LogP contribution in [0.1, 0.15) is 11.7 Å². The Bertz CT molecular complexity index is 1440. The summed E-state index contributed by atoms with van der Waals surface area (Å²) < 4.78 is 21.0. The van der Waals surface area contributed by atoms with Crippen molar-refractivity contribution < 1.29 is 13.9 Å². The van der Waals surface area contributed by atoms with Gasteiger partial charge < -0.3 is 26.4 Å². The molecule has 0 spiro atoms. The first-order valence-corrected chi connectivity index (χ1v) is 11.8. The molecule has 5 N–H and O–H groups in total. The van der Waals surface area contributed by atoms with Crippen LogP contribution in [0.5, 0.6) is 0 Å². The Morgan fingerprint density at radius 1 is 1.19 bits per heavy atom. The van der Waals surface area contributed by atoms with E-state index in [2.05, 4.69) is 37.5 Å². The second kappa shape index (κ2) is 10.8. The number of fused-ring (bicyclic) bond motifs is 1. The number of halogens is 1. The van der Waals surface area contributed by atoms with Gasteiger partial charge in [-0.25, -0.2) is 14.4 Å². The second-order valence-corrected chi connectivity index (χ2v) is 8.51. The summed E-state index contributed by atoms with van der Waals surface area (Å²) in [6.45, 7) is 5.33. The Morgan fingerprint density at radius 3 is 2.81 bits per heavy atom. The number of hydrogen-bond acceptors (Lipinski definition) is 8. The Balaban J connectivity index is 1.44. The number of morpholine rings is 1. The van der Waals surface area contributed by atoms with Gasteiger partial charge in [0.1, 0.15) is 5.82 Å². The van der Waals surface area contributed by atoms with E-state index < -0.39 is 5.82 Å². The fourth-order valence-corrected chi connectivity index (χ4v) is 4.29. The van der Waals surface area contributed by atoms with Crippen LogP contribution in [0, 0.1) is 5.82 Å². The van der Waals surface area contributed by atoms with Gasteiger partial charge in [0.05, 0.1) is 29.5 Å². The van der Waals surface area contributed by atoms with Crippen LogP contribution >= 0.6 is 0 Å². The maximum Gasteiger partial charge on any atom is 0.247 e. The summed E-state index contributed by atoms with van der Waals surface area (Å²) in [7, 11) is 0. The van der Waals surface area contributed by atoms with Crippen molar-refractivity contribution in [2.45, 2.75) is 12.1 Å². The quantitative estimate of drug-likeness (QED) is 0.284. The molecule has 1 aliphatic rings. The molecule has 0 aliphatic carbocycles. The standard InChI is InChI=1S/C27H26FN7O2/c1-2-23(36)33-19-9-10-30-21(13-19)24-20(28)8-5-17-15-32-27(35-25(17)24)34-18-6-3-16(4-7-18)26-22(14-29)31-11-12-37-26/h2-10,13,15,22,26,31H,1,11-12,14,29H2,(H,30,33,36)(H,32,34,35). The number of carbonyl (C=O) groups is 1. The van der Waals surface area contributed by atoms with E-state index in [1.54, 1.807) is 24.4 Å². The van der Waals surface area contributed by atoms with Crippen molar-refractivity contribution in [1.29, 1.82) is 0 Å². The zero-order valence-corrected chi connectivity index (χ0v) is 19.9. The zero-order valence-electron chi connectivity index (χ0n) is 19.9. The predicted molar refractivity (Wildman–Crippen MR) is 141 cm³/mol. The van der Waals surface area contributed by atoms with E-state index in [4.69, 9.17) is 10.5 Å². The molecule has 1 amide bonds. The first-order chi connectivity index (χ1) is 18.1. The maximum atomic E-state index is 15.1. The van der Waals surface area contributed by atoms with Crippen LogP contribution in [0.4, 0.5) is 21.7 Å². The van der Waals surface area contributed by atoms with Gasteiger partial charge in [-0.05, 0) is 48.0 Å². The van der Waals surface area contributed by atoms with Gasteiger partial charge in [-0.15, -0.1) is 0 Å². The van der Waals surface area contributed by atoms with E-state index in [0.717, 1.165) is 23.9 Å². The van der Waals surface area contributed by atoms with Crippen molar-refractivity contribution in [3.05, 3.63) is 85.0 Å². The normalized spacial score (nSPS) is 17.4. The van der Waals surface area contributed by atoms with Crippen LogP contribution in [0.2, 0.25) is 0 Å². The summed E-state index contributed by atoms with van der Waals surface area (Å²) in [5.74, 6) is -0.560. The summed E-state index contributed by atoms with van der Waals surface area (Å²) in [5.41, 5.74) is 9.06. The number of anilines is 3. The van der Waals surface area contributed by atoms with E-state index in [1.165, 1.54) is 12.3 Å². The van der Waals surface area contributed by atoms with Gasteiger partial charge in [0.15, 0.2) is 0 Å². The minimum atomic E-state index is -0.489. The summed E-state index contributed by atoms with van der Waals surface area (Å²) in [6.07, 6.45) is 4.16. The van der Waals surface area contributed by atoms with Crippen molar-refractivity contribution >= 4 is 34.1 Å². The monoisotopic (exact) mass is 499 g/mol. The van der Waals surface area contributed by atoms with E-state index in [-0.39, 0.29) is 23.6 Å². The van der Waals surface area contributed by atoms with Gasteiger partial charge in [0, 0.05) is 48.3 Å². The third-order valence-corrected chi connectivity index (χ3v) is 6.09. The molecule has 2 aromatic carbocycles. The third kappa shape index (κ3) is 5.31. The second-order valence-electron chi connectivity index (χ2n) is 8.51. The molecule has 3 heterocycles. The first kappa shape index (κ1) is 24.4. The van der Waals surface area contributed by atoms with Gasteiger partial charge in [0.25, 0.3) is 0 Å². The van der Waals surface area contributed by atoms with E-state index in [0.29, 0.717) is 41.4 Å². The van der Waals surface area contributed by atoms with Crippen molar-refractivity contribution in [3.63, 3.8) is 0 Å². The van der Waals surface area contributed by atoms with E-state index in [9.17, 15) is 4.79 Å². The lowest BCUT2D eigenvalue weighted by Crippen LogP contribution is -2.47. The highest BCUT2D eigenvalue weighted by Gasteiger charge is 2.25. The van der Waals surface area contributed by atoms with Crippen LogP contribution in [0.25, 0.3) is 22.2 Å². The summed E-state index contributed by atoms with van der Waals surface area (Å²) in [4.78, 5) is 25.0. The van der Waals surface area contributed by atoms with E-state index >= 15 is 4.39 Å². The topological polar surface area (TPSA) is 127 Å². The molecule has 2 unspecified atom stereocenters. The summed E-state index contributed by atoms with van der Waals surface area (Å²) >= 11 is 0. The minimum Gasteiger partial charge on any atom is -0.371 e. The lowest BCUT2D eigenvalue weighted by molar-refractivity contribution is -0.111. The summed E-state index contributed by atoms with van der Waals surface area (Å²) in [6, 6.07) is 14.0. The van der Waals surface area contributed by atoms with Crippen molar-refractivity contribution in [1.82, 2.24) is 20.3 Å². The lowest BCUT2D eigenvalue weighted by atomic mass is 10.0. The number of pyridine rings is 1. The van der Waals surface area contributed by atoms with Crippen molar-refractivity contribution in [2.24, 2.45) is 5.73 Å². The maximum absolute atomic E-state index is 15.1. The van der Waals surface area contributed by atoms with Gasteiger partial charge in [0.2, 0.25) is 11.9 Å². The zero-order chi connectivity index (χ0) is 25.8. The molecule has 37 heavy (non-hydrogen) atoms.